The van der Waals surface area contributed by atoms with Crippen molar-refractivity contribution in [2.75, 3.05) is 13.7 Å². The lowest BCUT2D eigenvalue weighted by Gasteiger charge is -2.07. The minimum absolute atomic E-state index is 0.0487. The third-order valence-corrected chi connectivity index (χ3v) is 2.78. The number of carbonyl (C=O) groups excluding carboxylic acids is 1. The smallest absolute Gasteiger partial charge is 0.234 e. The average molecular weight is 274 g/mol. The Morgan fingerprint density at radius 2 is 2.10 bits per heavy atom. The quantitative estimate of drug-likeness (QED) is 0.698. The fourth-order valence-electron chi connectivity index (χ4n) is 1.70. The molecule has 1 heterocycles. The summed E-state index contributed by atoms with van der Waals surface area (Å²) in [5, 5.41) is 5.86. The molecule has 2 aromatic rings. The Labute approximate surface area is 117 Å². The van der Waals surface area contributed by atoms with E-state index in [4.69, 9.17) is 4.74 Å². The molecular weight excluding hydrogens is 256 g/mol. The topological polar surface area (TPSA) is 79.0 Å². The SMILES string of the molecule is COc1ccc(CNC(=O)CNCc2ncc[nH]2)cc1. The highest BCUT2D eigenvalue weighted by molar-refractivity contribution is 5.77. The van der Waals surface area contributed by atoms with E-state index >= 15 is 0 Å². The minimum Gasteiger partial charge on any atom is -0.497 e. The molecule has 3 N–H and O–H groups in total. The number of aromatic amines is 1. The summed E-state index contributed by atoms with van der Waals surface area (Å²) in [6, 6.07) is 7.60. The predicted octanol–water partition coefficient (Wildman–Crippen LogP) is 0.824. The molecule has 0 saturated carbocycles. The van der Waals surface area contributed by atoms with E-state index in [1.54, 1.807) is 19.5 Å². The minimum atomic E-state index is -0.0487. The normalized spacial score (nSPS) is 10.2. The van der Waals surface area contributed by atoms with Gasteiger partial charge in [0, 0.05) is 18.9 Å². The van der Waals surface area contributed by atoms with Gasteiger partial charge in [0.25, 0.3) is 0 Å². The molecule has 6 heteroatoms. The Hall–Kier alpha value is -2.34. The third kappa shape index (κ3) is 4.40. The summed E-state index contributed by atoms with van der Waals surface area (Å²) in [6.45, 7) is 1.31. The Morgan fingerprint density at radius 1 is 1.30 bits per heavy atom. The van der Waals surface area contributed by atoms with Gasteiger partial charge >= 0.3 is 0 Å². The highest BCUT2D eigenvalue weighted by Crippen LogP contribution is 2.10. The van der Waals surface area contributed by atoms with Crippen LogP contribution >= 0.6 is 0 Å². The van der Waals surface area contributed by atoms with Gasteiger partial charge < -0.3 is 20.4 Å². The summed E-state index contributed by atoms with van der Waals surface area (Å²) in [7, 11) is 1.63. The molecule has 0 bridgehead atoms. The van der Waals surface area contributed by atoms with Crippen molar-refractivity contribution in [2.24, 2.45) is 0 Å². The van der Waals surface area contributed by atoms with Gasteiger partial charge in [-0.2, -0.15) is 0 Å². The molecule has 0 spiro atoms. The number of benzene rings is 1. The first-order valence-electron chi connectivity index (χ1n) is 6.36. The van der Waals surface area contributed by atoms with E-state index in [9.17, 15) is 4.79 Å². The number of H-pyrrole nitrogens is 1. The lowest BCUT2D eigenvalue weighted by Crippen LogP contribution is -2.33. The Morgan fingerprint density at radius 3 is 2.75 bits per heavy atom. The fraction of sp³-hybridized carbons (Fsp3) is 0.286. The molecule has 0 fully saturated rings. The largest absolute Gasteiger partial charge is 0.497 e. The fourth-order valence-corrected chi connectivity index (χ4v) is 1.70. The first-order valence-corrected chi connectivity index (χ1v) is 6.36. The molecule has 0 aliphatic carbocycles. The molecule has 1 amide bonds. The number of amides is 1. The van der Waals surface area contributed by atoms with Gasteiger partial charge in [-0.3, -0.25) is 4.79 Å². The molecule has 1 aromatic carbocycles. The first-order chi connectivity index (χ1) is 9.78. The molecule has 0 radical (unpaired) electrons. The Balaban J connectivity index is 1.66. The zero-order chi connectivity index (χ0) is 14.2. The van der Waals surface area contributed by atoms with Crippen molar-refractivity contribution in [2.45, 2.75) is 13.1 Å². The van der Waals surface area contributed by atoms with Crippen LogP contribution in [0.4, 0.5) is 0 Å². The van der Waals surface area contributed by atoms with Crippen LogP contribution in [-0.2, 0) is 17.9 Å². The van der Waals surface area contributed by atoms with Crippen LogP contribution in [0, 0.1) is 0 Å². The van der Waals surface area contributed by atoms with E-state index in [2.05, 4.69) is 20.6 Å². The van der Waals surface area contributed by atoms with Crippen LogP contribution in [0.1, 0.15) is 11.4 Å². The second-order valence-corrected chi connectivity index (χ2v) is 4.26. The second kappa shape index (κ2) is 7.30. The number of ether oxygens (including phenoxy) is 1. The predicted molar refractivity (Wildman–Crippen MR) is 75.1 cm³/mol. The molecule has 6 nitrogen and oxygen atoms in total. The monoisotopic (exact) mass is 274 g/mol. The summed E-state index contributed by atoms with van der Waals surface area (Å²) in [6.07, 6.45) is 3.43. The van der Waals surface area contributed by atoms with Crippen LogP contribution in [0.2, 0.25) is 0 Å². The number of rotatable bonds is 7. The first kappa shape index (κ1) is 14.1. The van der Waals surface area contributed by atoms with Gasteiger partial charge in [-0.1, -0.05) is 12.1 Å². The lowest BCUT2D eigenvalue weighted by molar-refractivity contribution is -0.120. The molecular formula is C14H18N4O2. The van der Waals surface area contributed by atoms with E-state index in [1.807, 2.05) is 24.3 Å². The van der Waals surface area contributed by atoms with Gasteiger partial charge in [0.05, 0.1) is 20.2 Å². The summed E-state index contributed by atoms with van der Waals surface area (Å²) in [5.74, 6) is 1.57. The summed E-state index contributed by atoms with van der Waals surface area (Å²) in [5.41, 5.74) is 1.03. The summed E-state index contributed by atoms with van der Waals surface area (Å²) in [4.78, 5) is 18.7. The maximum Gasteiger partial charge on any atom is 0.234 e. The van der Waals surface area contributed by atoms with Crippen molar-refractivity contribution in [1.29, 1.82) is 0 Å². The van der Waals surface area contributed by atoms with Gasteiger partial charge in [0.1, 0.15) is 11.6 Å². The molecule has 0 saturated heterocycles. The van der Waals surface area contributed by atoms with Crippen molar-refractivity contribution in [1.82, 2.24) is 20.6 Å². The Bertz CT molecular complexity index is 523. The van der Waals surface area contributed by atoms with E-state index in [-0.39, 0.29) is 12.5 Å². The number of nitrogens with zero attached hydrogens (tertiary/aromatic N) is 1. The number of hydrogen-bond donors (Lipinski definition) is 3. The molecule has 0 unspecified atom stereocenters. The molecule has 106 valence electrons. The highest BCUT2D eigenvalue weighted by atomic mass is 16.5. The summed E-state index contributed by atoms with van der Waals surface area (Å²) < 4.78 is 5.08. The number of methoxy groups -OCH3 is 1. The van der Waals surface area contributed by atoms with Gasteiger partial charge in [-0.05, 0) is 17.7 Å². The molecule has 0 atom stereocenters. The molecule has 20 heavy (non-hydrogen) atoms. The number of imidazole rings is 1. The number of nitrogens with one attached hydrogen (secondary N) is 3. The third-order valence-electron chi connectivity index (χ3n) is 2.78. The van der Waals surface area contributed by atoms with Gasteiger partial charge in [-0.25, -0.2) is 4.98 Å². The Kier molecular flexibility index (Phi) is 5.14. The maximum absolute atomic E-state index is 11.6. The second-order valence-electron chi connectivity index (χ2n) is 4.26. The zero-order valence-corrected chi connectivity index (χ0v) is 11.3. The maximum atomic E-state index is 11.6. The van der Waals surface area contributed by atoms with E-state index in [1.165, 1.54) is 0 Å². The standard InChI is InChI=1S/C14H18N4O2/c1-20-12-4-2-11(3-5-12)8-18-14(19)10-15-9-13-16-6-7-17-13/h2-7,15H,8-10H2,1H3,(H,16,17)(H,18,19). The molecule has 1 aromatic heterocycles. The van der Waals surface area contributed by atoms with E-state index < -0.39 is 0 Å². The van der Waals surface area contributed by atoms with Crippen molar-refractivity contribution in [3.05, 3.63) is 48.0 Å². The van der Waals surface area contributed by atoms with Crippen LogP contribution < -0.4 is 15.4 Å². The van der Waals surface area contributed by atoms with Crippen LogP contribution in [0.5, 0.6) is 5.75 Å². The van der Waals surface area contributed by atoms with Crippen molar-refractivity contribution in [3.8, 4) is 5.75 Å². The average Bonchev–Trinajstić information content (AvgIpc) is 2.99. The number of aromatic nitrogens is 2. The van der Waals surface area contributed by atoms with Crippen LogP contribution in [0.25, 0.3) is 0 Å². The van der Waals surface area contributed by atoms with Gasteiger partial charge in [0.15, 0.2) is 0 Å². The van der Waals surface area contributed by atoms with Crippen LogP contribution in [-0.4, -0.2) is 29.5 Å². The van der Waals surface area contributed by atoms with Gasteiger partial charge in [-0.15, -0.1) is 0 Å². The zero-order valence-electron chi connectivity index (χ0n) is 11.3. The molecule has 0 aliphatic rings. The number of carbonyl (C=O) groups is 1. The highest BCUT2D eigenvalue weighted by Gasteiger charge is 2.02. The van der Waals surface area contributed by atoms with Crippen molar-refractivity contribution >= 4 is 5.91 Å². The van der Waals surface area contributed by atoms with Crippen LogP contribution in [0.3, 0.4) is 0 Å². The van der Waals surface area contributed by atoms with Crippen LogP contribution in [0.15, 0.2) is 36.7 Å². The molecule has 2 rings (SSSR count). The van der Waals surface area contributed by atoms with Crippen molar-refractivity contribution in [3.63, 3.8) is 0 Å². The molecule has 0 aliphatic heterocycles. The van der Waals surface area contributed by atoms with E-state index in [0.29, 0.717) is 13.1 Å². The number of hydrogen-bond acceptors (Lipinski definition) is 4. The van der Waals surface area contributed by atoms with Crippen molar-refractivity contribution < 1.29 is 9.53 Å². The van der Waals surface area contributed by atoms with E-state index in [0.717, 1.165) is 17.1 Å². The lowest BCUT2D eigenvalue weighted by atomic mass is 10.2. The summed E-state index contributed by atoms with van der Waals surface area (Å²) >= 11 is 0. The van der Waals surface area contributed by atoms with Gasteiger partial charge in [0.2, 0.25) is 5.91 Å².